The van der Waals surface area contributed by atoms with E-state index in [1.54, 1.807) is 35.0 Å². The fourth-order valence-electron chi connectivity index (χ4n) is 3.18. The van der Waals surface area contributed by atoms with E-state index in [0.717, 1.165) is 16.9 Å². The predicted octanol–water partition coefficient (Wildman–Crippen LogP) is 3.49. The zero-order valence-corrected chi connectivity index (χ0v) is 16.6. The van der Waals surface area contributed by atoms with E-state index in [2.05, 4.69) is 15.4 Å². The van der Waals surface area contributed by atoms with E-state index in [4.69, 9.17) is 11.6 Å². The highest BCUT2D eigenvalue weighted by molar-refractivity contribution is 6.30. The first-order chi connectivity index (χ1) is 13.9. The molecule has 0 aliphatic carbocycles. The molecule has 1 N–H and O–H groups in total. The largest absolute Gasteiger partial charge is 0.309 e. The average Bonchev–Trinajstić information content (AvgIpc) is 3.04. The molecule has 0 unspecified atom stereocenters. The predicted molar refractivity (Wildman–Crippen MR) is 113 cm³/mol. The number of anilines is 1. The maximum absolute atomic E-state index is 12.7. The van der Waals surface area contributed by atoms with Gasteiger partial charge in [-0.05, 0) is 43.7 Å². The average molecular weight is 408 g/mol. The Balaban J connectivity index is 1.61. The lowest BCUT2D eigenvalue weighted by atomic mass is 10.1. The first-order valence-electron chi connectivity index (χ1n) is 8.99. The van der Waals surface area contributed by atoms with Gasteiger partial charge in [0.05, 0.1) is 28.6 Å². The van der Waals surface area contributed by atoms with Crippen LogP contribution >= 0.6 is 11.6 Å². The summed E-state index contributed by atoms with van der Waals surface area (Å²) in [6, 6.07) is 14.3. The molecule has 0 saturated carbocycles. The summed E-state index contributed by atoms with van der Waals surface area (Å²) in [5.41, 5.74) is 2.76. The molecule has 2 heterocycles. The van der Waals surface area contributed by atoms with E-state index in [0.29, 0.717) is 21.7 Å². The summed E-state index contributed by atoms with van der Waals surface area (Å²) < 4.78 is 2.90. The molecule has 146 valence electrons. The number of halogens is 1. The number of fused-ring (bicyclic) bond motifs is 1. The Hall–Kier alpha value is -3.45. The van der Waals surface area contributed by atoms with E-state index in [-0.39, 0.29) is 18.0 Å². The van der Waals surface area contributed by atoms with Crippen molar-refractivity contribution < 1.29 is 4.79 Å². The van der Waals surface area contributed by atoms with E-state index < -0.39 is 0 Å². The van der Waals surface area contributed by atoms with Crippen LogP contribution in [0.5, 0.6) is 0 Å². The number of carbonyl (C=O) groups excluding carboxylic acids is 1. The third kappa shape index (κ3) is 3.77. The molecule has 2 aromatic carbocycles. The summed E-state index contributed by atoms with van der Waals surface area (Å²) in [6.07, 6.45) is 1.40. The zero-order valence-electron chi connectivity index (χ0n) is 15.9. The van der Waals surface area contributed by atoms with Gasteiger partial charge in [0.25, 0.3) is 5.56 Å². The van der Waals surface area contributed by atoms with Crippen LogP contribution in [0.15, 0.2) is 59.7 Å². The second-order valence-electron chi connectivity index (χ2n) is 6.76. The zero-order chi connectivity index (χ0) is 20.5. The molecular weight excluding hydrogens is 390 g/mol. The maximum Gasteiger partial charge on any atom is 0.261 e. The molecule has 0 radical (unpaired) electrons. The minimum atomic E-state index is -0.357. The highest BCUT2D eigenvalue weighted by Gasteiger charge is 2.13. The van der Waals surface area contributed by atoms with E-state index in [1.807, 2.05) is 32.0 Å². The Kier molecular flexibility index (Phi) is 4.90. The van der Waals surface area contributed by atoms with Crippen molar-refractivity contribution in [2.24, 2.45) is 0 Å². The molecule has 1 amide bonds. The van der Waals surface area contributed by atoms with Gasteiger partial charge in [0, 0.05) is 11.1 Å². The second-order valence-corrected chi connectivity index (χ2v) is 7.20. The summed E-state index contributed by atoms with van der Waals surface area (Å²) in [4.78, 5) is 29.7. The quantitative estimate of drug-likeness (QED) is 0.561. The number of amides is 1. The molecule has 0 saturated heterocycles. The van der Waals surface area contributed by atoms with Crippen LogP contribution in [0.2, 0.25) is 5.02 Å². The smallest absolute Gasteiger partial charge is 0.261 e. The Morgan fingerprint density at radius 1 is 1.14 bits per heavy atom. The van der Waals surface area contributed by atoms with Crippen LogP contribution < -0.4 is 10.9 Å². The first-order valence-corrected chi connectivity index (χ1v) is 9.37. The lowest BCUT2D eigenvalue weighted by molar-refractivity contribution is -0.116. The van der Waals surface area contributed by atoms with Crippen molar-refractivity contribution >= 4 is 34.2 Å². The van der Waals surface area contributed by atoms with Crippen LogP contribution in [-0.2, 0) is 11.3 Å². The Morgan fingerprint density at radius 3 is 2.72 bits per heavy atom. The SMILES string of the molecule is Cc1cc(NC(=O)Cn2cnc3c(C)cccc3c2=O)n(-c2cccc(Cl)c2)n1. The summed E-state index contributed by atoms with van der Waals surface area (Å²) in [7, 11) is 0. The molecule has 4 aromatic rings. The van der Waals surface area contributed by atoms with Crippen molar-refractivity contribution in [2.75, 3.05) is 5.32 Å². The molecule has 8 heteroatoms. The van der Waals surface area contributed by atoms with Gasteiger partial charge in [-0.3, -0.25) is 14.2 Å². The van der Waals surface area contributed by atoms with Crippen LogP contribution in [0.1, 0.15) is 11.3 Å². The number of aryl methyl sites for hydroxylation is 2. The Labute approximate surface area is 171 Å². The number of aromatic nitrogens is 4. The van der Waals surface area contributed by atoms with Crippen LogP contribution in [0, 0.1) is 13.8 Å². The first kappa shape index (κ1) is 18.9. The van der Waals surface area contributed by atoms with Gasteiger partial charge in [0.2, 0.25) is 5.91 Å². The lowest BCUT2D eigenvalue weighted by Gasteiger charge is -2.11. The van der Waals surface area contributed by atoms with Gasteiger partial charge in [-0.1, -0.05) is 29.8 Å². The Morgan fingerprint density at radius 2 is 1.93 bits per heavy atom. The second kappa shape index (κ2) is 7.52. The van der Waals surface area contributed by atoms with Crippen molar-refractivity contribution in [2.45, 2.75) is 20.4 Å². The van der Waals surface area contributed by atoms with Gasteiger partial charge >= 0.3 is 0 Å². The summed E-state index contributed by atoms with van der Waals surface area (Å²) >= 11 is 6.07. The van der Waals surface area contributed by atoms with Gasteiger partial charge < -0.3 is 5.32 Å². The summed E-state index contributed by atoms with van der Waals surface area (Å²) in [5, 5.41) is 8.28. The number of para-hydroxylation sites is 1. The van der Waals surface area contributed by atoms with Crippen molar-refractivity contribution in [1.29, 1.82) is 0 Å². The number of carbonyl (C=O) groups is 1. The molecule has 7 nitrogen and oxygen atoms in total. The molecule has 2 aromatic heterocycles. The van der Waals surface area contributed by atoms with Gasteiger partial charge in [-0.25, -0.2) is 9.67 Å². The molecule has 29 heavy (non-hydrogen) atoms. The number of nitrogens with one attached hydrogen (secondary N) is 1. The van der Waals surface area contributed by atoms with Crippen LogP contribution in [-0.4, -0.2) is 25.2 Å². The van der Waals surface area contributed by atoms with Crippen molar-refractivity contribution in [3.05, 3.63) is 81.5 Å². The van der Waals surface area contributed by atoms with Crippen LogP contribution in [0.4, 0.5) is 5.82 Å². The highest BCUT2D eigenvalue weighted by atomic mass is 35.5. The molecule has 0 aliphatic heterocycles. The van der Waals surface area contributed by atoms with E-state index in [1.165, 1.54) is 10.9 Å². The number of rotatable bonds is 4. The Bertz CT molecular complexity index is 1290. The van der Waals surface area contributed by atoms with Crippen molar-refractivity contribution in [1.82, 2.24) is 19.3 Å². The number of nitrogens with zero attached hydrogens (tertiary/aromatic N) is 4. The fourth-order valence-corrected chi connectivity index (χ4v) is 3.36. The standard InChI is InChI=1S/C21H18ClN5O2/c1-13-5-3-8-17-20(13)23-12-26(21(17)29)11-19(28)24-18-9-14(2)25-27(18)16-7-4-6-15(22)10-16/h3-10,12H,11H2,1-2H3,(H,24,28). The number of benzene rings is 2. The third-order valence-electron chi connectivity index (χ3n) is 4.52. The van der Waals surface area contributed by atoms with Gasteiger partial charge in [-0.2, -0.15) is 5.10 Å². The fraction of sp³-hybridized carbons (Fsp3) is 0.143. The molecule has 0 fully saturated rings. The number of hydrogen-bond donors (Lipinski definition) is 1. The highest BCUT2D eigenvalue weighted by Crippen LogP contribution is 2.20. The minimum Gasteiger partial charge on any atom is -0.309 e. The van der Waals surface area contributed by atoms with Crippen LogP contribution in [0.25, 0.3) is 16.6 Å². The molecule has 0 bridgehead atoms. The van der Waals surface area contributed by atoms with E-state index >= 15 is 0 Å². The topological polar surface area (TPSA) is 81.8 Å². The molecule has 0 spiro atoms. The molecule has 0 aliphatic rings. The molecular formula is C21H18ClN5O2. The van der Waals surface area contributed by atoms with E-state index in [9.17, 15) is 9.59 Å². The summed E-state index contributed by atoms with van der Waals surface area (Å²) in [6.45, 7) is 3.57. The number of hydrogen-bond acceptors (Lipinski definition) is 4. The van der Waals surface area contributed by atoms with Crippen LogP contribution in [0.3, 0.4) is 0 Å². The minimum absolute atomic E-state index is 0.157. The monoisotopic (exact) mass is 407 g/mol. The molecule has 0 atom stereocenters. The lowest BCUT2D eigenvalue weighted by Crippen LogP contribution is -2.28. The van der Waals surface area contributed by atoms with Gasteiger partial charge in [0.15, 0.2) is 0 Å². The van der Waals surface area contributed by atoms with Crippen molar-refractivity contribution in [3.8, 4) is 5.69 Å². The third-order valence-corrected chi connectivity index (χ3v) is 4.76. The maximum atomic E-state index is 12.7. The summed E-state index contributed by atoms with van der Waals surface area (Å²) in [5.74, 6) is 0.136. The van der Waals surface area contributed by atoms with Gasteiger partial charge in [-0.15, -0.1) is 0 Å². The van der Waals surface area contributed by atoms with Gasteiger partial charge in [0.1, 0.15) is 12.4 Å². The normalized spacial score (nSPS) is 11.0. The van der Waals surface area contributed by atoms with Crippen molar-refractivity contribution in [3.63, 3.8) is 0 Å². The molecule has 4 rings (SSSR count).